The van der Waals surface area contributed by atoms with Gasteiger partial charge in [-0.15, -0.1) is 0 Å². The normalized spacial score (nSPS) is 10.3. The maximum absolute atomic E-state index is 14.2. The number of esters is 1. The van der Waals surface area contributed by atoms with Crippen LogP contribution in [-0.2, 0) is 4.74 Å². The van der Waals surface area contributed by atoms with E-state index >= 15 is 0 Å². The number of carbonyl (C=O) groups excluding carboxylic acids is 1. The van der Waals surface area contributed by atoms with Gasteiger partial charge >= 0.3 is 5.97 Å². The molecule has 0 aliphatic rings. The van der Waals surface area contributed by atoms with Crippen molar-refractivity contribution < 1.29 is 13.9 Å². The summed E-state index contributed by atoms with van der Waals surface area (Å²) in [7, 11) is 1.13. The summed E-state index contributed by atoms with van der Waals surface area (Å²) in [5.74, 6) is -1.79. The van der Waals surface area contributed by atoms with Crippen LogP contribution in [0.4, 0.5) is 4.39 Å². The Labute approximate surface area is 118 Å². The fourth-order valence-electron chi connectivity index (χ4n) is 1.48. The Bertz CT molecular complexity index is 650. The van der Waals surface area contributed by atoms with E-state index in [0.717, 1.165) is 13.4 Å². The second kappa shape index (κ2) is 5.50. The lowest BCUT2D eigenvalue weighted by molar-refractivity contribution is 0.0588. The molecule has 0 N–H and O–H groups in total. The van der Waals surface area contributed by atoms with Crippen molar-refractivity contribution in [1.29, 1.82) is 0 Å². The number of carbonyl (C=O) groups is 1. The number of nitrogens with zero attached hydrogens (tertiary/aromatic N) is 2. The molecule has 0 saturated heterocycles. The van der Waals surface area contributed by atoms with Crippen molar-refractivity contribution in [2.24, 2.45) is 0 Å². The Morgan fingerprint density at radius 2 is 2.05 bits per heavy atom. The van der Waals surface area contributed by atoms with Crippen molar-refractivity contribution in [3.63, 3.8) is 0 Å². The van der Waals surface area contributed by atoms with E-state index in [1.54, 1.807) is 6.07 Å². The number of rotatable bonds is 2. The molecular weight excluding hydrogens is 294 g/mol. The molecule has 0 aliphatic carbocycles. The number of halogens is 3. The molecule has 0 unspecified atom stereocenters. The van der Waals surface area contributed by atoms with E-state index < -0.39 is 17.5 Å². The van der Waals surface area contributed by atoms with Gasteiger partial charge in [-0.05, 0) is 18.2 Å². The van der Waals surface area contributed by atoms with Crippen LogP contribution < -0.4 is 0 Å². The van der Waals surface area contributed by atoms with Gasteiger partial charge in [0.05, 0.1) is 12.1 Å². The van der Waals surface area contributed by atoms with Gasteiger partial charge in [0.2, 0.25) is 0 Å². The SMILES string of the molecule is COC(=O)c1ncnc(-c2cc(Cl)ccc2Cl)c1F. The first-order valence-corrected chi connectivity index (χ1v) is 5.84. The third-order valence-electron chi connectivity index (χ3n) is 2.35. The van der Waals surface area contributed by atoms with Gasteiger partial charge in [-0.3, -0.25) is 0 Å². The Balaban J connectivity index is 2.63. The van der Waals surface area contributed by atoms with Crippen LogP contribution in [0.5, 0.6) is 0 Å². The maximum Gasteiger partial charge on any atom is 0.359 e. The molecule has 0 radical (unpaired) electrons. The van der Waals surface area contributed by atoms with Crippen molar-refractivity contribution in [2.75, 3.05) is 7.11 Å². The summed E-state index contributed by atoms with van der Waals surface area (Å²) in [4.78, 5) is 18.7. The molecule has 0 amide bonds. The summed E-state index contributed by atoms with van der Waals surface area (Å²) in [6.07, 6.45) is 1.06. The number of aromatic nitrogens is 2. The van der Waals surface area contributed by atoms with Crippen molar-refractivity contribution >= 4 is 29.2 Å². The highest BCUT2D eigenvalue weighted by atomic mass is 35.5. The van der Waals surface area contributed by atoms with Gasteiger partial charge in [-0.1, -0.05) is 23.2 Å². The number of benzene rings is 1. The third kappa shape index (κ3) is 2.67. The summed E-state index contributed by atoms with van der Waals surface area (Å²) in [6, 6.07) is 4.53. The second-order valence-electron chi connectivity index (χ2n) is 3.50. The van der Waals surface area contributed by atoms with Crippen molar-refractivity contribution in [2.45, 2.75) is 0 Å². The number of ether oxygens (including phenoxy) is 1. The standard InChI is InChI=1S/C12H7Cl2FN2O2/c1-19-12(18)11-9(15)10(16-5-17-11)7-4-6(13)2-3-8(7)14/h2-5H,1H3. The van der Waals surface area contributed by atoms with Crippen LogP contribution in [0.25, 0.3) is 11.3 Å². The van der Waals surface area contributed by atoms with E-state index in [0.29, 0.717) is 5.02 Å². The monoisotopic (exact) mass is 300 g/mol. The molecule has 2 rings (SSSR count). The molecule has 4 nitrogen and oxygen atoms in total. The van der Waals surface area contributed by atoms with E-state index in [1.165, 1.54) is 12.1 Å². The molecule has 1 aromatic heterocycles. The van der Waals surface area contributed by atoms with E-state index in [2.05, 4.69) is 14.7 Å². The predicted octanol–water partition coefficient (Wildman–Crippen LogP) is 3.38. The summed E-state index contributed by atoms with van der Waals surface area (Å²) in [5, 5.41) is 0.634. The fraction of sp³-hybridized carbons (Fsp3) is 0.0833. The van der Waals surface area contributed by atoms with Gasteiger partial charge in [-0.2, -0.15) is 0 Å². The molecule has 0 bridgehead atoms. The summed E-state index contributed by atoms with van der Waals surface area (Å²) in [5.41, 5.74) is -0.286. The molecule has 0 fully saturated rings. The molecule has 0 aliphatic heterocycles. The van der Waals surface area contributed by atoms with Crippen LogP contribution in [-0.4, -0.2) is 23.0 Å². The van der Waals surface area contributed by atoms with Crippen LogP contribution in [0.15, 0.2) is 24.5 Å². The minimum absolute atomic E-state index is 0.108. The molecule has 1 heterocycles. The highest BCUT2D eigenvalue weighted by molar-refractivity contribution is 6.35. The number of hydrogen-bond donors (Lipinski definition) is 0. The first kappa shape index (κ1) is 13.7. The molecule has 1 aromatic carbocycles. The van der Waals surface area contributed by atoms with Gasteiger partial charge in [0.15, 0.2) is 11.5 Å². The van der Waals surface area contributed by atoms with E-state index in [4.69, 9.17) is 23.2 Å². The number of methoxy groups -OCH3 is 1. The Kier molecular flexibility index (Phi) is 3.97. The average molecular weight is 301 g/mol. The highest BCUT2D eigenvalue weighted by Crippen LogP contribution is 2.31. The predicted molar refractivity (Wildman–Crippen MR) is 68.8 cm³/mol. The molecular formula is C12H7Cl2FN2O2. The second-order valence-corrected chi connectivity index (χ2v) is 4.34. The first-order valence-electron chi connectivity index (χ1n) is 5.09. The zero-order chi connectivity index (χ0) is 14.0. The highest BCUT2D eigenvalue weighted by Gasteiger charge is 2.20. The minimum Gasteiger partial charge on any atom is -0.464 e. The summed E-state index contributed by atoms with van der Waals surface area (Å²) < 4.78 is 18.6. The van der Waals surface area contributed by atoms with Gasteiger partial charge in [0, 0.05) is 10.6 Å². The summed E-state index contributed by atoms with van der Waals surface area (Å²) in [6.45, 7) is 0. The molecule has 0 spiro atoms. The van der Waals surface area contributed by atoms with Crippen molar-refractivity contribution in [3.8, 4) is 11.3 Å². The molecule has 0 saturated carbocycles. The average Bonchev–Trinajstić information content (AvgIpc) is 2.41. The van der Waals surface area contributed by atoms with Crippen LogP contribution in [0.1, 0.15) is 10.5 Å². The smallest absolute Gasteiger partial charge is 0.359 e. The first-order chi connectivity index (χ1) is 9.04. The lowest BCUT2D eigenvalue weighted by Crippen LogP contribution is -2.09. The van der Waals surface area contributed by atoms with E-state index in [1.807, 2.05) is 0 Å². The fourth-order valence-corrected chi connectivity index (χ4v) is 1.85. The Morgan fingerprint density at radius 3 is 2.74 bits per heavy atom. The van der Waals surface area contributed by atoms with Crippen LogP contribution in [0.3, 0.4) is 0 Å². The van der Waals surface area contributed by atoms with Gasteiger partial charge < -0.3 is 4.74 Å². The summed E-state index contributed by atoms with van der Waals surface area (Å²) >= 11 is 11.8. The maximum atomic E-state index is 14.2. The van der Waals surface area contributed by atoms with Gasteiger partial charge in [0.25, 0.3) is 0 Å². The largest absolute Gasteiger partial charge is 0.464 e. The van der Waals surface area contributed by atoms with Crippen LogP contribution in [0, 0.1) is 5.82 Å². The lowest BCUT2D eigenvalue weighted by atomic mass is 10.1. The minimum atomic E-state index is -0.904. The van der Waals surface area contributed by atoms with Crippen LogP contribution >= 0.6 is 23.2 Å². The van der Waals surface area contributed by atoms with Crippen LogP contribution in [0.2, 0.25) is 10.0 Å². The van der Waals surface area contributed by atoms with E-state index in [9.17, 15) is 9.18 Å². The Hall–Kier alpha value is -1.72. The zero-order valence-corrected chi connectivity index (χ0v) is 11.2. The number of hydrogen-bond acceptors (Lipinski definition) is 4. The third-order valence-corrected chi connectivity index (χ3v) is 2.92. The zero-order valence-electron chi connectivity index (χ0n) is 9.65. The van der Waals surface area contributed by atoms with Gasteiger partial charge in [-0.25, -0.2) is 19.2 Å². The topological polar surface area (TPSA) is 52.1 Å². The molecule has 2 aromatic rings. The molecule has 7 heteroatoms. The lowest BCUT2D eigenvalue weighted by Gasteiger charge is -2.07. The molecule has 98 valence electrons. The van der Waals surface area contributed by atoms with Crippen molar-refractivity contribution in [3.05, 3.63) is 46.1 Å². The Morgan fingerprint density at radius 1 is 1.32 bits per heavy atom. The van der Waals surface area contributed by atoms with Crippen molar-refractivity contribution in [1.82, 2.24) is 9.97 Å². The van der Waals surface area contributed by atoms with E-state index in [-0.39, 0.29) is 16.3 Å². The molecule has 19 heavy (non-hydrogen) atoms. The quantitative estimate of drug-likeness (QED) is 0.798. The van der Waals surface area contributed by atoms with Gasteiger partial charge in [0.1, 0.15) is 12.0 Å². The molecule has 0 atom stereocenters.